The maximum atomic E-state index is 13.0. The van der Waals surface area contributed by atoms with Gasteiger partial charge in [0.25, 0.3) is 0 Å². The van der Waals surface area contributed by atoms with Gasteiger partial charge in [0.15, 0.2) is 9.84 Å². The van der Waals surface area contributed by atoms with Crippen LogP contribution in [0.2, 0.25) is 0 Å². The SMILES string of the molecule is Cc1cncc2ccc(CC(=O)[C@@H]3C[C@H]3c3ccc(S(=O)(=O)Cc4ncc(C5CCCC5)cn4)cc3)cc12. The standard InChI is InChI=1S/C31H31N3O3S/c1-20-15-32-16-24-7-6-21(12-27(20)24)13-30(35)29-14-28(29)23-8-10-26(11-9-23)38(36,37)19-31-33-17-25(18-34-31)22-4-2-3-5-22/h6-12,15-18,22,28-29H,2-5,13-14,19H2,1H3/t28-,29+/m0/s1. The first-order chi connectivity index (χ1) is 18.4. The summed E-state index contributed by atoms with van der Waals surface area (Å²) in [6.07, 6.45) is 13.2. The summed E-state index contributed by atoms with van der Waals surface area (Å²) in [5, 5.41) is 2.21. The van der Waals surface area contributed by atoms with Crippen LogP contribution in [0.4, 0.5) is 0 Å². The number of aromatic nitrogens is 3. The number of carbonyl (C=O) groups excluding carboxylic acids is 1. The molecule has 2 heterocycles. The molecule has 2 aromatic heterocycles. The first kappa shape index (κ1) is 24.9. The van der Waals surface area contributed by atoms with E-state index in [4.69, 9.17) is 0 Å². The molecular weight excluding hydrogens is 494 g/mol. The Labute approximate surface area is 223 Å². The summed E-state index contributed by atoms with van der Waals surface area (Å²) in [5.41, 5.74) is 4.24. The van der Waals surface area contributed by atoms with Crippen LogP contribution in [0.1, 0.15) is 72.0 Å². The zero-order valence-electron chi connectivity index (χ0n) is 21.5. The Bertz CT molecular complexity index is 1590. The van der Waals surface area contributed by atoms with Gasteiger partial charge in [-0.15, -0.1) is 0 Å². The van der Waals surface area contributed by atoms with Gasteiger partial charge < -0.3 is 0 Å². The highest BCUT2D eigenvalue weighted by molar-refractivity contribution is 7.90. The highest BCUT2D eigenvalue weighted by Crippen LogP contribution is 2.48. The summed E-state index contributed by atoms with van der Waals surface area (Å²) in [4.78, 5) is 26.2. The van der Waals surface area contributed by atoms with Gasteiger partial charge in [0.05, 0.1) is 4.90 Å². The minimum atomic E-state index is -3.56. The summed E-state index contributed by atoms with van der Waals surface area (Å²) < 4.78 is 26.0. The third kappa shape index (κ3) is 5.12. The third-order valence-electron chi connectivity index (χ3n) is 8.15. The van der Waals surface area contributed by atoms with E-state index in [0.29, 0.717) is 18.2 Å². The minimum absolute atomic E-state index is 0.0153. The van der Waals surface area contributed by atoms with Gasteiger partial charge in [0.2, 0.25) is 0 Å². The van der Waals surface area contributed by atoms with Gasteiger partial charge in [-0.1, -0.05) is 43.2 Å². The van der Waals surface area contributed by atoms with Crippen LogP contribution < -0.4 is 0 Å². The lowest BCUT2D eigenvalue weighted by Crippen LogP contribution is -2.09. The highest BCUT2D eigenvalue weighted by Gasteiger charge is 2.43. The van der Waals surface area contributed by atoms with E-state index < -0.39 is 9.84 Å². The second-order valence-electron chi connectivity index (χ2n) is 10.8. The summed E-state index contributed by atoms with van der Waals surface area (Å²) in [5.74, 6) is 0.972. The second-order valence-corrected chi connectivity index (χ2v) is 12.8. The molecule has 6 nitrogen and oxygen atoms in total. The Morgan fingerprint density at radius 1 is 0.921 bits per heavy atom. The number of nitrogens with zero attached hydrogens (tertiary/aromatic N) is 3. The molecule has 4 aromatic rings. The second kappa shape index (κ2) is 10.0. The number of rotatable bonds is 8. The predicted octanol–water partition coefficient (Wildman–Crippen LogP) is 5.88. The monoisotopic (exact) mass is 525 g/mol. The number of hydrogen-bond donors (Lipinski definition) is 0. The molecule has 2 saturated carbocycles. The summed E-state index contributed by atoms with van der Waals surface area (Å²) in [6, 6.07) is 13.1. The molecule has 0 spiro atoms. The van der Waals surface area contributed by atoms with E-state index >= 15 is 0 Å². The van der Waals surface area contributed by atoms with Crippen LogP contribution in [0.15, 0.2) is 72.1 Å². The molecule has 0 amide bonds. The van der Waals surface area contributed by atoms with E-state index in [9.17, 15) is 13.2 Å². The number of aryl methyl sites for hydroxylation is 1. The van der Waals surface area contributed by atoms with Crippen LogP contribution in [0.3, 0.4) is 0 Å². The molecular formula is C31H31N3O3S. The molecule has 2 atom stereocenters. The van der Waals surface area contributed by atoms with Crippen molar-refractivity contribution in [1.29, 1.82) is 0 Å². The van der Waals surface area contributed by atoms with Crippen molar-refractivity contribution in [2.75, 3.05) is 0 Å². The number of fused-ring (bicyclic) bond motifs is 1. The molecule has 0 radical (unpaired) electrons. The van der Waals surface area contributed by atoms with Crippen LogP contribution >= 0.6 is 0 Å². The quantitative estimate of drug-likeness (QED) is 0.285. The summed E-state index contributed by atoms with van der Waals surface area (Å²) >= 11 is 0. The van der Waals surface area contributed by atoms with E-state index in [-0.39, 0.29) is 28.3 Å². The lowest BCUT2D eigenvalue weighted by molar-refractivity contribution is -0.119. The fourth-order valence-corrected chi connectivity index (χ4v) is 7.01. The average Bonchev–Trinajstić information content (AvgIpc) is 3.54. The number of ketones is 1. The molecule has 2 aromatic carbocycles. The van der Waals surface area contributed by atoms with Crippen LogP contribution in [-0.2, 0) is 26.8 Å². The molecule has 2 fully saturated rings. The van der Waals surface area contributed by atoms with E-state index in [1.807, 2.05) is 43.6 Å². The molecule has 38 heavy (non-hydrogen) atoms. The molecule has 0 bridgehead atoms. The van der Waals surface area contributed by atoms with Crippen molar-refractivity contribution < 1.29 is 13.2 Å². The van der Waals surface area contributed by atoms with E-state index in [2.05, 4.69) is 21.0 Å². The Balaban J connectivity index is 1.08. The smallest absolute Gasteiger partial charge is 0.185 e. The Morgan fingerprint density at radius 3 is 2.39 bits per heavy atom. The zero-order valence-corrected chi connectivity index (χ0v) is 22.3. The van der Waals surface area contributed by atoms with Gasteiger partial charge in [-0.3, -0.25) is 9.78 Å². The van der Waals surface area contributed by atoms with E-state index in [1.165, 1.54) is 12.8 Å². The normalized spacial score (nSPS) is 19.6. The number of pyridine rings is 1. The number of sulfone groups is 1. The molecule has 0 aliphatic heterocycles. The largest absolute Gasteiger partial charge is 0.299 e. The molecule has 2 aliphatic carbocycles. The highest BCUT2D eigenvalue weighted by atomic mass is 32.2. The van der Waals surface area contributed by atoms with E-state index in [1.54, 1.807) is 24.5 Å². The number of carbonyl (C=O) groups is 1. The van der Waals surface area contributed by atoms with Gasteiger partial charge in [-0.05, 0) is 77.8 Å². The van der Waals surface area contributed by atoms with Crippen molar-refractivity contribution in [3.05, 3.63) is 95.3 Å². The first-order valence-corrected chi connectivity index (χ1v) is 15.0. The van der Waals surface area contributed by atoms with Crippen molar-refractivity contribution in [1.82, 2.24) is 15.0 Å². The van der Waals surface area contributed by atoms with Crippen molar-refractivity contribution in [3.63, 3.8) is 0 Å². The topological polar surface area (TPSA) is 89.9 Å². The molecule has 194 valence electrons. The fourth-order valence-electron chi connectivity index (χ4n) is 5.80. The molecule has 0 N–H and O–H groups in total. The van der Waals surface area contributed by atoms with Crippen LogP contribution in [0.5, 0.6) is 0 Å². The van der Waals surface area contributed by atoms with Gasteiger partial charge in [-0.2, -0.15) is 0 Å². The maximum Gasteiger partial charge on any atom is 0.185 e. The minimum Gasteiger partial charge on any atom is -0.299 e. The molecule has 2 aliphatic rings. The Hall–Kier alpha value is -3.45. The zero-order chi connectivity index (χ0) is 26.3. The van der Waals surface area contributed by atoms with Crippen molar-refractivity contribution in [3.8, 4) is 0 Å². The van der Waals surface area contributed by atoms with Crippen LogP contribution in [0.25, 0.3) is 10.8 Å². The average molecular weight is 526 g/mol. The van der Waals surface area contributed by atoms with Gasteiger partial charge in [-0.25, -0.2) is 18.4 Å². The van der Waals surface area contributed by atoms with Gasteiger partial charge in [0, 0.05) is 42.5 Å². The molecule has 0 unspecified atom stereocenters. The lowest BCUT2D eigenvalue weighted by Gasteiger charge is -2.09. The third-order valence-corrected chi connectivity index (χ3v) is 9.77. The van der Waals surface area contributed by atoms with Gasteiger partial charge >= 0.3 is 0 Å². The predicted molar refractivity (Wildman–Crippen MR) is 147 cm³/mol. The van der Waals surface area contributed by atoms with Crippen LogP contribution in [-0.4, -0.2) is 29.2 Å². The fraction of sp³-hybridized carbons (Fsp3) is 0.355. The number of benzene rings is 2. The lowest BCUT2D eigenvalue weighted by atomic mass is 9.99. The Kier molecular flexibility index (Phi) is 6.56. The summed E-state index contributed by atoms with van der Waals surface area (Å²) in [7, 11) is -3.56. The Morgan fingerprint density at radius 2 is 1.66 bits per heavy atom. The number of hydrogen-bond acceptors (Lipinski definition) is 6. The van der Waals surface area contributed by atoms with Crippen LogP contribution in [0, 0.1) is 12.8 Å². The van der Waals surface area contributed by atoms with Gasteiger partial charge in [0.1, 0.15) is 17.4 Å². The summed E-state index contributed by atoms with van der Waals surface area (Å²) in [6.45, 7) is 2.03. The van der Waals surface area contributed by atoms with E-state index in [0.717, 1.165) is 52.3 Å². The molecule has 6 rings (SSSR count). The van der Waals surface area contributed by atoms with Crippen molar-refractivity contribution >= 4 is 26.4 Å². The van der Waals surface area contributed by atoms with Crippen molar-refractivity contribution in [2.45, 2.75) is 67.9 Å². The maximum absolute atomic E-state index is 13.0. The first-order valence-electron chi connectivity index (χ1n) is 13.4. The van der Waals surface area contributed by atoms with Crippen molar-refractivity contribution in [2.24, 2.45) is 5.92 Å². The number of Topliss-reactive ketones (excluding diaryl/α,β-unsaturated/α-hetero) is 1. The molecule has 7 heteroatoms. The molecule has 0 saturated heterocycles.